The molecule has 254 valence electrons. The highest BCUT2D eigenvalue weighted by atomic mass is 16.6. The topological polar surface area (TPSA) is 206 Å². The Morgan fingerprint density at radius 1 is 0.915 bits per heavy atom. The van der Waals surface area contributed by atoms with E-state index in [0.717, 1.165) is 16.3 Å². The van der Waals surface area contributed by atoms with Crippen LogP contribution in [0.25, 0.3) is 10.8 Å². The largest absolute Gasteiger partial charge is 0.461 e. The summed E-state index contributed by atoms with van der Waals surface area (Å²) in [6.07, 6.45) is 0.966. The molecule has 13 heteroatoms. The summed E-state index contributed by atoms with van der Waals surface area (Å²) >= 11 is 0. The molecule has 0 radical (unpaired) electrons. The lowest BCUT2D eigenvalue weighted by Crippen LogP contribution is -2.56. The minimum absolute atomic E-state index is 0.00437. The van der Waals surface area contributed by atoms with Gasteiger partial charge in [0.05, 0.1) is 24.4 Å². The SMILES string of the molecule is CC(C)C[C@H](NC(=O)[C@H](Cc1cnc[nH]1)NC(=O)C(CC(=O)N[C@@H](C)C(N)=O)Cc1cccc2ccccc12)C(O)C(=O)OC(C)C. The number of benzene rings is 2. The molecule has 0 saturated heterocycles. The number of nitrogens with one attached hydrogen (secondary N) is 4. The van der Waals surface area contributed by atoms with Crippen LogP contribution < -0.4 is 21.7 Å². The Labute approximate surface area is 274 Å². The number of aliphatic hydroxyl groups is 1. The molecule has 0 aliphatic carbocycles. The van der Waals surface area contributed by atoms with E-state index in [1.54, 1.807) is 13.8 Å². The van der Waals surface area contributed by atoms with Crippen LogP contribution in [0.15, 0.2) is 55.0 Å². The number of primary amides is 1. The van der Waals surface area contributed by atoms with E-state index in [1.165, 1.54) is 19.4 Å². The van der Waals surface area contributed by atoms with Crippen LogP contribution in [0.4, 0.5) is 0 Å². The van der Waals surface area contributed by atoms with E-state index < -0.39 is 65.8 Å². The maximum absolute atomic E-state index is 14.0. The number of hydrogen-bond donors (Lipinski definition) is 6. The Kier molecular flexibility index (Phi) is 13.4. The fourth-order valence-electron chi connectivity index (χ4n) is 5.23. The second kappa shape index (κ2) is 17.2. The predicted molar refractivity (Wildman–Crippen MR) is 175 cm³/mol. The van der Waals surface area contributed by atoms with Crippen LogP contribution in [0, 0.1) is 11.8 Å². The predicted octanol–water partition coefficient (Wildman–Crippen LogP) is 1.67. The van der Waals surface area contributed by atoms with Gasteiger partial charge in [0.2, 0.25) is 23.6 Å². The van der Waals surface area contributed by atoms with Crippen LogP contribution in [0.5, 0.6) is 0 Å². The van der Waals surface area contributed by atoms with Crippen molar-refractivity contribution in [3.8, 4) is 0 Å². The van der Waals surface area contributed by atoms with E-state index in [4.69, 9.17) is 10.5 Å². The number of nitrogens with two attached hydrogens (primary N) is 1. The van der Waals surface area contributed by atoms with Gasteiger partial charge in [-0.1, -0.05) is 56.3 Å². The number of fused-ring (bicyclic) bond motifs is 1. The molecule has 0 spiro atoms. The number of amides is 4. The van der Waals surface area contributed by atoms with Gasteiger partial charge < -0.3 is 36.5 Å². The summed E-state index contributed by atoms with van der Waals surface area (Å²) in [5.41, 5.74) is 6.69. The zero-order valence-electron chi connectivity index (χ0n) is 27.5. The molecule has 5 atom stereocenters. The zero-order valence-corrected chi connectivity index (χ0v) is 27.5. The zero-order chi connectivity index (χ0) is 34.7. The molecule has 1 aromatic heterocycles. The molecule has 4 amide bonds. The van der Waals surface area contributed by atoms with Crippen LogP contribution in [-0.4, -0.2) is 75.0 Å². The third-order valence-electron chi connectivity index (χ3n) is 7.59. The normalized spacial score (nSPS) is 14.6. The number of ether oxygens (including phenoxy) is 1. The van der Waals surface area contributed by atoms with Crippen molar-refractivity contribution >= 4 is 40.4 Å². The number of aromatic nitrogens is 2. The van der Waals surface area contributed by atoms with Gasteiger partial charge in [-0.3, -0.25) is 19.2 Å². The van der Waals surface area contributed by atoms with Gasteiger partial charge in [-0.2, -0.15) is 0 Å². The maximum Gasteiger partial charge on any atom is 0.337 e. The Morgan fingerprint density at radius 2 is 1.62 bits per heavy atom. The number of carbonyl (C=O) groups is 5. The summed E-state index contributed by atoms with van der Waals surface area (Å²) in [5, 5.41) is 20.7. The number of carbonyl (C=O) groups excluding carboxylic acids is 5. The average molecular weight is 651 g/mol. The molecule has 3 aromatic rings. The number of hydrogen-bond acceptors (Lipinski definition) is 8. The van der Waals surface area contributed by atoms with E-state index in [1.807, 2.05) is 56.3 Å². The lowest BCUT2D eigenvalue weighted by molar-refractivity contribution is -0.159. The van der Waals surface area contributed by atoms with Crippen molar-refractivity contribution in [1.82, 2.24) is 25.9 Å². The van der Waals surface area contributed by atoms with Crippen molar-refractivity contribution in [1.29, 1.82) is 0 Å². The average Bonchev–Trinajstić information content (AvgIpc) is 3.52. The summed E-state index contributed by atoms with van der Waals surface area (Å²) in [5.74, 6) is -4.34. The molecule has 0 fully saturated rings. The molecule has 1 heterocycles. The van der Waals surface area contributed by atoms with Gasteiger partial charge in [-0.15, -0.1) is 0 Å². The van der Waals surface area contributed by atoms with Crippen molar-refractivity contribution in [3.05, 3.63) is 66.2 Å². The monoisotopic (exact) mass is 650 g/mol. The maximum atomic E-state index is 14.0. The molecule has 47 heavy (non-hydrogen) atoms. The van der Waals surface area contributed by atoms with Gasteiger partial charge in [0, 0.05) is 24.7 Å². The Hall–Kier alpha value is -4.78. The molecule has 0 aliphatic heterocycles. The highest BCUT2D eigenvalue weighted by Crippen LogP contribution is 2.23. The number of rotatable bonds is 17. The molecule has 3 rings (SSSR count). The smallest absolute Gasteiger partial charge is 0.337 e. The number of aromatic amines is 1. The minimum atomic E-state index is -1.64. The molecular weight excluding hydrogens is 604 g/mol. The molecule has 0 saturated carbocycles. The van der Waals surface area contributed by atoms with Gasteiger partial charge in [-0.25, -0.2) is 9.78 Å². The number of imidazole rings is 1. The molecule has 0 aliphatic rings. The summed E-state index contributed by atoms with van der Waals surface area (Å²) in [6, 6.07) is 10.2. The van der Waals surface area contributed by atoms with Crippen LogP contribution in [0.3, 0.4) is 0 Å². The number of H-pyrrole nitrogens is 1. The molecule has 2 unspecified atom stereocenters. The number of aliphatic hydroxyl groups excluding tert-OH is 1. The minimum Gasteiger partial charge on any atom is -0.461 e. The molecule has 13 nitrogen and oxygen atoms in total. The standard InChI is InChI=1S/C34H46N6O7/c1-19(2)13-27(30(42)34(46)47-20(3)4)39-33(45)28(16-25-17-36-18-37-25)40-32(44)24(15-29(41)38-21(5)31(35)43)14-23-11-8-10-22-9-6-7-12-26(22)23/h6-12,17-21,24,27-28,30,42H,13-16H2,1-5H3,(H2,35,43)(H,36,37)(H,38,41)(H,39,45)(H,40,44)/t21-,24?,27-,28-,30?/m0/s1. The highest BCUT2D eigenvalue weighted by molar-refractivity contribution is 5.93. The first kappa shape index (κ1) is 36.7. The van der Waals surface area contributed by atoms with Crippen LogP contribution in [0.2, 0.25) is 0 Å². The van der Waals surface area contributed by atoms with Crippen LogP contribution >= 0.6 is 0 Å². The van der Waals surface area contributed by atoms with Gasteiger partial charge in [-0.05, 0) is 55.9 Å². The molecule has 0 bridgehead atoms. The van der Waals surface area contributed by atoms with Crippen LogP contribution in [0.1, 0.15) is 58.7 Å². The van der Waals surface area contributed by atoms with Gasteiger partial charge >= 0.3 is 5.97 Å². The molecule has 7 N–H and O–H groups in total. The van der Waals surface area contributed by atoms with E-state index >= 15 is 0 Å². The molecule has 2 aromatic carbocycles. The number of esters is 1. The summed E-state index contributed by atoms with van der Waals surface area (Å²) < 4.78 is 5.17. The van der Waals surface area contributed by atoms with E-state index in [2.05, 4.69) is 25.9 Å². The Bertz CT molecular complexity index is 1520. The fourth-order valence-corrected chi connectivity index (χ4v) is 5.23. The molecular formula is C34H46N6O7. The summed E-state index contributed by atoms with van der Waals surface area (Å²) in [4.78, 5) is 71.9. The third kappa shape index (κ3) is 11.2. The van der Waals surface area contributed by atoms with Crippen molar-refractivity contribution in [2.75, 3.05) is 0 Å². The van der Waals surface area contributed by atoms with E-state index in [9.17, 15) is 29.1 Å². The Morgan fingerprint density at radius 3 is 2.26 bits per heavy atom. The second-order valence-corrected chi connectivity index (χ2v) is 12.5. The first-order valence-corrected chi connectivity index (χ1v) is 15.8. The van der Waals surface area contributed by atoms with Crippen LogP contribution in [-0.2, 0) is 41.6 Å². The lowest BCUT2D eigenvalue weighted by Gasteiger charge is -2.28. The first-order valence-electron chi connectivity index (χ1n) is 15.8. The number of nitrogens with zero attached hydrogens (tertiary/aromatic N) is 1. The van der Waals surface area contributed by atoms with E-state index in [-0.39, 0.29) is 31.6 Å². The van der Waals surface area contributed by atoms with Gasteiger partial charge in [0.15, 0.2) is 6.10 Å². The van der Waals surface area contributed by atoms with Crippen molar-refractivity contribution in [2.45, 2.75) is 90.6 Å². The third-order valence-corrected chi connectivity index (χ3v) is 7.59. The fraction of sp³-hybridized carbons (Fsp3) is 0.471. The first-order chi connectivity index (χ1) is 22.2. The van der Waals surface area contributed by atoms with Crippen molar-refractivity contribution in [3.63, 3.8) is 0 Å². The van der Waals surface area contributed by atoms with Gasteiger partial charge in [0.25, 0.3) is 0 Å². The summed E-state index contributed by atoms with van der Waals surface area (Å²) in [6.45, 7) is 8.51. The van der Waals surface area contributed by atoms with E-state index in [0.29, 0.717) is 5.69 Å². The second-order valence-electron chi connectivity index (χ2n) is 12.5. The Balaban J connectivity index is 1.91. The van der Waals surface area contributed by atoms with Crippen molar-refractivity contribution in [2.24, 2.45) is 17.6 Å². The quantitative estimate of drug-likeness (QED) is 0.118. The van der Waals surface area contributed by atoms with Gasteiger partial charge in [0.1, 0.15) is 12.1 Å². The lowest BCUT2D eigenvalue weighted by atomic mass is 9.91. The summed E-state index contributed by atoms with van der Waals surface area (Å²) in [7, 11) is 0. The van der Waals surface area contributed by atoms with Crippen molar-refractivity contribution < 1.29 is 33.8 Å². The highest BCUT2D eigenvalue weighted by Gasteiger charge is 2.34.